The van der Waals surface area contributed by atoms with Gasteiger partial charge in [-0.05, 0) is 44.6 Å². The number of aryl methyl sites for hydroxylation is 2. The molecule has 0 unspecified atom stereocenters. The smallest absolute Gasteiger partial charge is 0.316 e. The first-order valence-electron chi connectivity index (χ1n) is 8.26. The van der Waals surface area contributed by atoms with Gasteiger partial charge in [0.25, 0.3) is 5.56 Å². The molecule has 5 nitrogen and oxygen atoms in total. The van der Waals surface area contributed by atoms with E-state index in [4.69, 9.17) is 4.74 Å². The third-order valence-electron chi connectivity index (χ3n) is 4.53. The van der Waals surface area contributed by atoms with Gasteiger partial charge in [-0.3, -0.25) is 9.59 Å². The Morgan fingerprint density at radius 2 is 2.21 bits per heavy atom. The van der Waals surface area contributed by atoms with Crippen molar-refractivity contribution in [1.82, 2.24) is 9.97 Å². The number of thiophene rings is 1. The standard InChI is InChI=1S/C17H22N2O3S2/c1-9-5-4-6-12(7-9)22-13(20)8-23-17-18-15(21)14-10(2)11(3)24-16(14)19-17/h9,12H,4-8H2,1-3H3,(H,18,19,21)/t9-,12-/m0/s1. The molecule has 0 aromatic carbocycles. The lowest BCUT2D eigenvalue weighted by Crippen LogP contribution is -2.25. The fourth-order valence-corrected chi connectivity index (χ4v) is 4.87. The predicted molar refractivity (Wildman–Crippen MR) is 98.0 cm³/mol. The van der Waals surface area contributed by atoms with E-state index in [0.29, 0.717) is 16.5 Å². The van der Waals surface area contributed by atoms with Gasteiger partial charge in [0.15, 0.2) is 5.16 Å². The minimum atomic E-state index is -0.236. The van der Waals surface area contributed by atoms with Gasteiger partial charge in [-0.15, -0.1) is 11.3 Å². The number of nitrogens with one attached hydrogen (secondary N) is 1. The van der Waals surface area contributed by atoms with E-state index in [-0.39, 0.29) is 23.4 Å². The lowest BCUT2D eigenvalue weighted by molar-refractivity contribution is -0.147. The zero-order valence-electron chi connectivity index (χ0n) is 14.2. The van der Waals surface area contributed by atoms with Gasteiger partial charge in [0.1, 0.15) is 10.9 Å². The Labute approximate surface area is 149 Å². The summed E-state index contributed by atoms with van der Waals surface area (Å²) in [5, 5.41) is 1.13. The number of H-pyrrole nitrogens is 1. The number of carbonyl (C=O) groups is 1. The highest BCUT2D eigenvalue weighted by Gasteiger charge is 2.22. The zero-order chi connectivity index (χ0) is 17.3. The van der Waals surface area contributed by atoms with Crippen molar-refractivity contribution in [2.75, 3.05) is 5.75 Å². The summed E-state index contributed by atoms with van der Waals surface area (Å²) < 4.78 is 5.55. The van der Waals surface area contributed by atoms with Crippen LogP contribution < -0.4 is 5.56 Å². The number of hydrogen-bond acceptors (Lipinski definition) is 6. The van der Waals surface area contributed by atoms with Crippen LogP contribution in [0.15, 0.2) is 9.95 Å². The number of fused-ring (bicyclic) bond motifs is 1. The van der Waals surface area contributed by atoms with Crippen LogP contribution in [0.2, 0.25) is 0 Å². The van der Waals surface area contributed by atoms with Crippen molar-refractivity contribution in [2.24, 2.45) is 5.92 Å². The number of carbonyl (C=O) groups excluding carboxylic acids is 1. The summed E-state index contributed by atoms with van der Waals surface area (Å²) in [6.07, 6.45) is 4.28. The van der Waals surface area contributed by atoms with E-state index in [9.17, 15) is 9.59 Å². The van der Waals surface area contributed by atoms with E-state index in [1.165, 1.54) is 29.5 Å². The molecule has 1 N–H and O–H groups in total. The van der Waals surface area contributed by atoms with Crippen molar-refractivity contribution < 1.29 is 9.53 Å². The highest BCUT2D eigenvalue weighted by molar-refractivity contribution is 7.99. The first-order valence-corrected chi connectivity index (χ1v) is 10.1. The minimum Gasteiger partial charge on any atom is -0.462 e. The molecule has 0 saturated heterocycles. The Bertz CT molecular complexity index is 812. The van der Waals surface area contributed by atoms with Gasteiger partial charge in [0.05, 0.1) is 11.1 Å². The molecule has 24 heavy (non-hydrogen) atoms. The number of nitrogens with zero attached hydrogens (tertiary/aromatic N) is 1. The lowest BCUT2D eigenvalue weighted by atomic mass is 9.89. The average molecular weight is 367 g/mol. The first-order chi connectivity index (χ1) is 11.4. The largest absolute Gasteiger partial charge is 0.462 e. The Kier molecular flexibility index (Phi) is 5.30. The molecular weight excluding hydrogens is 344 g/mol. The Morgan fingerprint density at radius 1 is 1.42 bits per heavy atom. The molecule has 0 amide bonds. The Morgan fingerprint density at radius 3 is 2.96 bits per heavy atom. The van der Waals surface area contributed by atoms with Crippen LogP contribution in [0.4, 0.5) is 0 Å². The van der Waals surface area contributed by atoms with Crippen LogP contribution in [-0.2, 0) is 9.53 Å². The maximum absolute atomic E-state index is 12.2. The normalized spacial score (nSPS) is 21.1. The number of rotatable bonds is 4. The summed E-state index contributed by atoms with van der Waals surface area (Å²) >= 11 is 2.74. The van der Waals surface area contributed by atoms with Gasteiger partial charge in [0.2, 0.25) is 0 Å². The van der Waals surface area contributed by atoms with Crippen LogP contribution in [0.1, 0.15) is 43.0 Å². The summed E-state index contributed by atoms with van der Waals surface area (Å²) in [4.78, 5) is 33.3. The summed E-state index contributed by atoms with van der Waals surface area (Å²) in [5.41, 5.74) is 0.838. The summed E-state index contributed by atoms with van der Waals surface area (Å²) in [7, 11) is 0. The molecule has 1 fully saturated rings. The summed E-state index contributed by atoms with van der Waals surface area (Å²) in [6.45, 7) is 6.11. The van der Waals surface area contributed by atoms with Gasteiger partial charge in [-0.2, -0.15) is 0 Å². The molecule has 2 aromatic heterocycles. The fraction of sp³-hybridized carbons (Fsp3) is 0.588. The van der Waals surface area contributed by atoms with E-state index in [1.54, 1.807) is 0 Å². The average Bonchev–Trinajstić information content (AvgIpc) is 2.80. The van der Waals surface area contributed by atoms with Gasteiger partial charge in [-0.25, -0.2) is 4.98 Å². The predicted octanol–water partition coefficient (Wildman–Crippen LogP) is 3.82. The molecule has 0 spiro atoms. The van der Waals surface area contributed by atoms with Crippen LogP contribution in [0.25, 0.3) is 10.2 Å². The minimum absolute atomic E-state index is 0.0407. The second-order valence-corrected chi connectivity index (χ2v) is 8.67. The Hall–Kier alpha value is -1.34. The number of hydrogen-bond donors (Lipinski definition) is 1. The highest BCUT2D eigenvalue weighted by Crippen LogP contribution is 2.28. The van der Waals surface area contributed by atoms with Crippen LogP contribution in [0, 0.1) is 19.8 Å². The van der Waals surface area contributed by atoms with E-state index in [2.05, 4.69) is 16.9 Å². The fourth-order valence-electron chi connectivity index (χ4n) is 3.14. The molecule has 2 aromatic rings. The quantitative estimate of drug-likeness (QED) is 0.506. The van der Waals surface area contributed by atoms with Gasteiger partial charge in [0, 0.05) is 4.88 Å². The van der Waals surface area contributed by atoms with Crippen LogP contribution in [0.3, 0.4) is 0 Å². The van der Waals surface area contributed by atoms with Crippen molar-refractivity contribution >= 4 is 39.3 Å². The second-order valence-electron chi connectivity index (χ2n) is 6.51. The monoisotopic (exact) mass is 366 g/mol. The van der Waals surface area contributed by atoms with E-state index in [1.807, 2.05) is 13.8 Å². The molecule has 3 rings (SSSR count). The van der Waals surface area contributed by atoms with Crippen molar-refractivity contribution in [3.8, 4) is 0 Å². The van der Waals surface area contributed by atoms with Gasteiger partial charge < -0.3 is 9.72 Å². The maximum atomic E-state index is 12.2. The van der Waals surface area contributed by atoms with Gasteiger partial charge in [-0.1, -0.05) is 25.1 Å². The molecule has 1 saturated carbocycles. The summed E-state index contributed by atoms with van der Waals surface area (Å²) in [5.74, 6) is 0.554. The van der Waals surface area contributed by atoms with Crippen molar-refractivity contribution in [2.45, 2.75) is 57.7 Å². The molecule has 0 bridgehead atoms. The molecule has 130 valence electrons. The first kappa shape index (κ1) is 17.5. The van der Waals surface area contributed by atoms with E-state index in [0.717, 1.165) is 34.5 Å². The molecule has 7 heteroatoms. The van der Waals surface area contributed by atoms with Gasteiger partial charge >= 0.3 is 5.97 Å². The second kappa shape index (κ2) is 7.27. The maximum Gasteiger partial charge on any atom is 0.316 e. The molecule has 2 atom stereocenters. The third kappa shape index (κ3) is 3.83. The summed E-state index contributed by atoms with van der Waals surface area (Å²) in [6, 6.07) is 0. The topological polar surface area (TPSA) is 72.0 Å². The lowest BCUT2D eigenvalue weighted by Gasteiger charge is -2.26. The van der Waals surface area contributed by atoms with E-state index < -0.39 is 0 Å². The molecule has 1 aliphatic rings. The number of esters is 1. The Balaban J connectivity index is 1.63. The molecule has 0 radical (unpaired) electrons. The zero-order valence-corrected chi connectivity index (χ0v) is 15.8. The third-order valence-corrected chi connectivity index (χ3v) is 6.48. The highest BCUT2D eigenvalue weighted by atomic mass is 32.2. The number of aromatic nitrogens is 2. The number of thioether (sulfide) groups is 1. The van der Waals surface area contributed by atoms with Crippen LogP contribution in [-0.4, -0.2) is 27.8 Å². The number of aromatic amines is 1. The number of ether oxygens (including phenoxy) is 1. The SMILES string of the molecule is Cc1sc2nc(SCC(=O)O[C@H]3CCC[C@H](C)C3)[nH]c(=O)c2c1C. The van der Waals surface area contributed by atoms with Crippen molar-refractivity contribution in [3.05, 3.63) is 20.8 Å². The van der Waals surface area contributed by atoms with Crippen LogP contribution in [0.5, 0.6) is 0 Å². The van der Waals surface area contributed by atoms with Crippen molar-refractivity contribution in [1.29, 1.82) is 0 Å². The molecule has 1 aliphatic carbocycles. The van der Waals surface area contributed by atoms with Crippen LogP contribution >= 0.6 is 23.1 Å². The molecular formula is C17H22N2O3S2. The molecule has 2 heterocycles. The molecule has 0 aliphatic heterocycles. The van der Waals surface area contributed by atoms with Crippen molar-refractivity contribution in [3.63, 3.8) is 0 Å². The van der Waals surface area contributed by atoms with E-state index >= 15 is 0 Å².